The van der Waals surface area contributed by atoms with E-state index in [4.69, 9.17) is 0 Å². The van der Waals surface area contributed by atoms with Crippen molar-refractivity contribution in [2.45, 2.75) is 25.8 Å². The smallest absolute Gasteiger partial charge is 0.157 e. The van der Waals surface area contributed by atoms with E-state index in [0.29, 0.717) is 12.1 Å². The largest absolute Gasteiger partial charge is 0.304 e. The lowest BCUT2D eigenvalue weighted by atomic mass is 9.99. The Labute approximate surface area is 94.9 Å². The topological polar surface area (TPSA) is 29.1 Å². The van der Waals surface area contributed by atoms with Crippen molar-refractivity contribution in [1.29, 1.82) is 0 Å². The van der Waals surface area contributed by atoms with Gasteiger partial charge in [0.1, 0.15) is 5.82 Å². The van der Waals surface area contributed by atoms with E-state index in [2.05, 4.69) is 5.32 Å². The van der Waals surface area contributed by atoms with Crippen LogP contribution in [0.4, 0.5) is 4.39 Å². The molecule has 2 rings (SSSR count). The number of carbonyl (C=O) groups excluding carboxylic acids is 1. The lowest BCUT2D eigenvalue weighted by molar-refractivity contribution is -0.122. The van der Waals surface area contributed by atoms with Gasteiger partial charge in [0, 0.05) is 11.5 Å². The monoisotopic (exact) mass is 221 g/mol. The van der Waals surface area contributed by atoms with E-state index in [1.807, 2.05) is 6.92 Å². The van der Waals surface area contributed by atoms with Crippen molar-refractivity contribution in [3.63, 3.8) is 0 Å². The SMILES string of the molecule is CCNC(C(=O)C1CC1)c1ccccc1F. The molecule has 0 aromatic heterocycles. The van der Waals surface area contributed by atoms with Crippen molar-refractivity contribution >= 4 is 5.78 Å². The van der Waals surface area contributed by atoms with Crippen molar-refractivity contribution < 1.29 is 9.18 Å². The summed E-state index contributed by atoms with van der Waals surface area (Å²) in [6.07, 6.45) is 1.91. The molecule has 0 heterocycles. The fourth-order valence-corrected chi connectivity index (χ4v) is 1.88. The molecule has 1 aromatic carbocycles. The Hall–Kier alpha value is -1.22. The number of halogens is 1. The Balaban J connectivity index is 2.24. The Morgan fingerprint density at radius 3 is 2.75 bits per heavy atom. The minimum absolute atomic E-state index is 0.131. The maximum Gasteiger partial charge on any atom is 0.157 e. The number of rotatable bonds is 5. The van der Waals surface area contributed by atoms with Gasteiger partial charge in [-0.1, -0.05) is 25.1 Å². The van der Waals surface area contributed by atoms with Crippen LogP contribution in [0.25, 0.3) is 0 Å². The number of carbonyl (C=O) groups is 1. The number of hydrogen-bond acceptors (Lipinski definition) is 2. The zero-order valence-electron chi connectivity index (χ0n) is 9.37. The lowest BCUT2D eigenvalue weighted by Crippen LogP contribution is -2.30. The Kier molecular flexibility index (Phi) is 3.34. The quantitative estimate of drug-likeness (QED) is 0.827. The average molecular weight is 221 g/mol. The van der Waals surface area contributed by atoms with Gasteiger partial charge >= 0.3 is 0 Å². The van der Waals surface area contributed by atoms with Crippen LogP contribution in [0.2, 0.25) is 0 Å². The van der Waals surface area contributed by atoms with E-state index in [-0.39, 0.29) is 17.5 Å². The molecular formula is C13H16FNO. The van der Waals surface area contributed by atoms with Gasteiger partial charge in [0.05, 0.1) is 6.04 Å². The third-order valence-electron chi connectivity index (χ3n) is 2.89. The predicted molar refractivity (Wildman–Crippen MR) is 60.5 cm³/mol. The third kappa shape index (κ3) is 2.30. The zero-order valence-corrected chi connectivity index (χ0v) is 9.37. The van der Waals surface area contributed by atoms with Crippen molar-refractivity contribution in [2.24, 2.45) is 5.92 Å². The summed E-state index contributed by atoms with van der Waals surface area (Å²) < 4.78 is 13.6. The molecule has 3 heteroatoms. The summed E-state index contributed by atoms with van der Waals surface area (Å²) in [5.41, 5.74) is 0.473. The number of Topliss-reactive ketones (excluding diaryl/α,β-unsaturated/α-hetero) is 1. The van der Waals surface area contributed by atoms with Gasteiger partial charge in [0.2, 0.25) is 0 Å². The van der Waals surface area contributed by atoms with Gasteiger partial charge in [0.25, 0.3) is 0 Å². The standard InChI is InChI=1S/C13H16FNO/c1-2-15-12(13(16)9-7-8-9)10-5-3-4-6-11(10)14/h3-6,9,12,15H,2,7-8H2,1H3. The van der Waals surface area contributed by atoms with Gasteiger partial charge < -0.3 is 5.32 Å². The fourth-order valence-electron chi connectivity index (χ4n) is 1.88. The van der Waals surface area contributed by atoms with Gasteiger partial charge in [-0.15, -0.1) is 0 Å². The normalized spacial score (nSPS) is 17.1. The molecule has 2 nitrogen and oxygen atoms in total. The minimum atomic E-state index is -0.473. The summed E-state index contributed by atoms with van der Waals surface area (Å²) in [6, 6.07) is 6.02. The van der Waals surface area contributed by atoms with E-state index in [1.54, 1.807) is 18.2 Å². The fraction of sp³-hybridized carbons (Fsp3) is 0.462. The molecule has 0 radical (unpaired) electrons. The molecule has 1 atom stereocenters. The predicted octanol–water partition coefficient (Wildman–Crippen LogP) is 2.46. The second-order valence-corrected chi connectivity index (χ2v) is 4.19. The van der Waals surface area contributed by atoms with Crippen LogP contribution in [0.1, 0.15) is 31.4 Å². The Bertz CT molecular complexity index is 387. The summed E-state index contributed by atoms with van der Waals surface area (Å²) in [4.78, 5) is 12.0. The van der Waals surface area contributed by atoms with Crippen LogP contribution in [0.15, 0.2) is 24.3 Å². The minimum Gasteiger partial charge on any atom is -0.304 e. The highest BCUT2D eigenvalue weighted by molar-refractivity contribution is 5.89. The van der Waals surface area contributed by atoms with Crippen LogP contribution in [0.5, 0.6) is 0 Å². The molecule has 1 aromatic rings. The van der Waals surface area contributed by atoms with Crippen LogP contribution in [0, 0.1) is 11.7 Å². The summed E-state index contributed by atoms with van der Waals surface area (Å²) in [6.45, 7) is 2.59. The average Bonchev–Trinajstić information content (AvgIpc) is 3.10. The first-order chi connectivity index (χ1) is 7.74. The Morgan fingerprint density at radius 2 is 2.19 bits per heavy atom. The molecule has 86 valence electrons. The second kappa shape index (κ2) is 4.74. The lowest BCUT2D eigenvalue weighted by Gasteiger charge is -2.17. The molecule has 1 unspecified atom stereocenters. The molecule has 1 saturated carbocycles. The maximum atomic E-state index is 13.6. The van der Waals surface area contributed by atoms with Crippen molar-refractivity contribution in [3.8, 4) is 0 Å². The van der Waals surface area contributed by atoms with Gasteiger partial charge in [-0.05, 0) is 25.5 Å². The summed E-state index contributed by atoms with van der Waals surface area (Å²) in [5, 5.41) is 3.07. The van der Waals surface area contributed by atoms with Crippen LogP contribution >= 0.6 is 0 Å². The number of likely N-dealkylation sites (N-methyl/N-ethyl adjacent to an activating group) is 1. The van der Waals surface area contributed by atoms with Gasteiger partial charge in [0.15, 0.2) is 5.78 Å². The molecular weight excluding hydrogens is 205 g/mol. The summed E-state index contributed by atoms with van der Waals surface area (Å²) in [7, 11) is 0. The molecule has 1 fully saturated rings. The number of nitrogens with one attached hydrogen (secondary N) is 1. The van der Waals surface area contributed by atoms with E-state index in [0.717, 1.165) is 12.8 Å². The van der Waals surface area contributed by atoms with Crippen LogP contribution in [0.3, 0.4) is 0 Å². The summed E-state index contributed by atoms with van der Waals surface area (Å²) >= 11 is 0. The molecule has 0 saturated heterocycles. The van der Waals surface area contributed by atoms with E-state index >= 15 is 0 Å². The van der Waals surface area contributed by atoms with Crippen molar-refractivity contribution in [1.82, 2.24) is 5.32 Å². The first-order valence-corrected chi connectivity index (χ1v) is 5.75. The first kappa shape index (κ1) is 11.3. The third-order valence-corrected chi connectivity index (χ3v) is 2.89. The highest BCUT2D eigenvalue weighted by Gasteiger charge is 2.35. The highest BCUT2D eigenvalue weighted by Crippen LogP contribution is 2.35. The van der Waals surface area contributed by atoms with E-state index in [9.17, 15) is 9.18 Å². The van der Waals surface area contributed by atoms with Crippen LogP contribution in [-0.4, -0.2) is 12.3 Å². The second-order valence-electron chi connectivity index (χ2n) is 4.19. The van der Waals surface area contributed by atoms with Crippen LogP contribution < -0.4 is 5.32 Å². The van der Waals surface area contributed by atoms with Crippen LogP contribution in [-0.2, 0) is 4.79 Å². The van der Waals surface area contributed by atoms with E-state index in [1.165, 1.54) is 6.07 Å². The van der Waals surface area contributed by atoms with Gasteiger partial charge in [-0.3, -0.25) is 4.79 Å². The first-order valence-electron chi connectivity index (χ1n) is 5.75. The molecule has 0 amide bonds. The van der Waals surface area contributed by atoms with Crippen molar-refractivity contribution in [2.75, 3.05) is 6.54 Å². The number of benzene rings is 1. The van der Waals surface area contributed by atoms with Crippen molar-refractivity contribution in [3.05, 3.63) is 35.6 Å². The molecule has 0 bridgehead atoms. The zero-order chi connectivity index (χ0) is 11.5. The number of ketones is 1. The molecule has 16 heavy (non-hydrogen) atoms. The number of hydrogen-bond donors (Lipinski definition) is 1. The van der Waals surface area contributed by atoms with Gasteiger partial charge in [-0.25, -0.2) is 4.39 Å². The molecule has 1 N–H and O–H groups in total. The van der Waals surface area contributed by atoms with E-state index < -0.39 is 6.04 Å². The highest BCUT2D eigenvalue weighted by atomic mass is 19.1. The maximum absolute atomic E-state index is 13.6. The molecule has 0 aliphatic heterocycles. The molecule has 1 aliphatic carbocycles. The molecule has 1 aliphatic rings. The van der Waals surface area contributed by atoms with Gasteiger partial charge in [-0.2, -0.15) is 0 Å². The summed E-state index contributed by atoms with van der Waals surface area (Å²) in [5.74, 6) is -0.0296. The Morgan fingerprint density at radius 1 is 1.50 bits per heavy atom. The molecule has 0 spiro atoms.